The molecule has 2 unspecified atom stereocenters. The van der Waals surface area contributed by atoms with Crippen LogP contribution in [0.15, 0.2) is 24.3 Å². The maximum Gasteiger partial charge on any atom is 0.260 e. The average molecular weight is 281 g/mol. The van der Waals surface area contributed by atoms with Gasteiger partial charge in [0.05, 0.1) is 7.11 Å². The van der Waals surface area contributed by atoms with Crippen molar-refractivity contribution in [3.63, 3.8) is 0 Å². The molecule has 0 aliphatic heterocycles. The number of aliphatic hydroxyl groups is 1. The predicted octanol–water partition coefficient (Wildman–Crippen LogP) is 1.60. The van der Waals surface area contributed by atoms with E-state index in [0.717, 1.165) is 5.75 Å². The largest absolute Gasteiger partial charge is 0.497 e. The lowest BCUT2D eigenvalue weighted by molar-refractivity contribution is -0.127. The van der Waals surface area contributed by atoms with Gasteiger partial charge in [-0.3, -0.25) is 4.79 Å². The van der Waals surface area contributed by atoms with E-state index in [4.69, 9.17) is 14.6 Å². The van der Waals surface area contributed by atoms with Gasteiger partial charge in [-0.1, -0.05) is 6.92 Å². The first-order valence-electron chi connectivity index (χ1n) is 6.76. The molecular formula is C15H23NO4. The minimum Gasteiger partial charge on any atom is -0.497 e. The minimum absolute atomic E-state index is 0.134. The highest BCUT2D eigenvalue weighted by Crippen LogP contribution is 2.18. The molecule has 0 fully saturated rings. The van der Waals surface area contributed by atoms with Gasteiger partial charge in [0.2, 0.25) is 0 Å². The SMILES string of the molecule is COc1ccc(OC(C)C(=O)NCC(C)CCO)cc1. The van der Waals surface area contributed by atoms with E-state index in [0.29, 0.717) is 18.7 Å². The van der Waals surface area contributed by atoms with Crippen molar-refractivity contribution >= 4 is 5.91 Å². The Bertz CT molecular complexity index is 405. The fourth-order valence-corrected chi connectivity index (χ4v) is 1.65. The van der Waals surface area contributed by atoms with Crippen molar-refractivity contribution in [2.24, 2.45) is 5.92 Å². The molecule has 5 nitrogen and oxygen atoms in total. The number of carbonyl (C=O) groups excluding carboxylic acids is 1. The van der Waals surface area contributed by atoms with E-state index in [1.807, 2.05) is 6.92 Å². The van der Waals surface area contributed by atoms with Crippen molar-refractivity contribution in [1.29, 1.82) is 0 Å². The van der Waals surface area contributed by atoms with Crippen LogP contribution < -0.4 is 14.8 Å². The Balaban J connectivity index is 2.40. The maximum atomic E-state index is 11.9. The van der Waals surface area contributed by atoms with Gasteiger partial charge in [0.1, 0.15) is 11.5 Å². The maximum absolute atomic E-state index is 11.9. The lowest BCUT2D eigenvalue weighted by Gasteiger charge is -2.17. The summed E-state index contributed by atoms with van der Waals surface area (Å²) in [5.41, 5.74) is 0. The van der Waals surface area contributed by atoms with E-state index >= 15 is 0 Å². The number of methoxy groups -OCH3 is 1. The summed E-state index contributed by atoms with van der Waals surface area (Å²) < 4.78 is 10.6. The molecule has 1 rings (SSSR count). The molecule has 0 aromatic heterocycles. The zero-order valence-corrected chi connectivity index (χ0v) is 12.3. The highest BCUT2D eigenvalue weighted by Gasteiger charge is 2.15. The van der Waals surface area contributed by atoms with Gasteiger partial charge in [0, 0.05) is 13.2 Å². The average Bonchev–Trinajstić information content (AvgIpc) is 2.45. The first-order valence-corrected chi connectivity index (χ1v) is 6.76. The lowest BCUT2D eigenvalue weighted by Crippen LogP contribution is -2.38. The molecule has 0 aliphatic carbocycles. The van der Waals surface area contributed by atoms with Crippen LogP contribution in [-0.2, 0) is 4.79 Å². The van der Waals surface area contributed by atoms with E-state index in [9.17, 15) is 4.79 Å². The van der Waals surface area contributed by atoms with Crippen LogP contribution in [0.2, 0.25) is 0 Å². The quantitative estimate of drug-likeness (QED) is 0.759. The van der Waals surface area contributed by atoms with Crippen LogP contribution in [0.3, 0.4) is 0 Å². The number of amides is 1. The second-order valence-corrected chi connectivity index (χ2v) is 4.80. The standard InChI is InChI=1S/C15H23NO4/c1-11(8-9-17)10-16-15(18)12(2)20-14-6-4-13(19-3)5-7-14/h4-7,11-12,17H,8-10H2,1-3H3,(H,16,18). The molecule has 5 heteroatoms. The van der Waals surface area contributed by atoms with Crippen LogP contribution in [0.25, 0.3) is 0 Å². The van der Waals surface area contributed by atoms with Crippen LogP contribution in [0, 0.1) is 5.92 Å². The minimum atomic E-state index is -0.565. The molecule has 20 heavy (non-hydrogen) atoms. The van der Waals surface area contributed by atoms with Crippen LogP contribution in [-0.4, -0.2) is 37.4 Å². The molecule has 1 aromatic rings. The first-order chi connectivity index (χ1) is 9.56. The van der Waals surface area contributed by atoms with Gasteiger partial charge in [0.15, 0.2) is 6.10 Å². The highest BCUT2D eigenvalue weighted by molar-refractivity contribution is 5.80. The summed E-state index contributed by atoms with van der Waals surface area (Å²) in [6.45, 7) is 4.35. The molecule has 0 aliphatic rings. The second-order valence-electron chi connectivity index (χ2n) is 4.80. The molecule has 1 aromatic carbocycles. The Hall–Kier alpha value is -1.75. The summed E-state index contributed by atoms with van der Waals surface area (Å²) in [5, 5.41) is 11.6. The van der Waals surface area contributed by atoms with E-state index in [-0.39, 0.29) is 18.4 Å². The highest BCUT2D eigenvalue weighted by atomic mass is 16.5. The molecule has 0 bridgehead atoms. The molecule has 0 saturated heterocycles. The summed E-state index contributed by atoms with van der Waals surface area (Å²) in [6, 6.07) is 7.08. The molecule has 2 atom stereocenters. The van der Waals surface area contributed by atoms with Crippen LogP contribution in [0.5, 0.6) is 11.5 Å². The zero-order valence-electron chi connectivity index (χ0n) is 12.3. The monoisotopic (exact) mass is 281 g/mol. The number of hydrogen-bond acceptors (Lipinski definition) is 4. The summed E-state index contributed by atoms with van der Waals surface area (Å²) in [5.74, 6) is 1.45. The summed E-state index contributed by atoms with van der Waals surface area (Å²) in [4.78, 5) is 11.9. The van der Waals surface area contributed by atoms with E-state index < -0.39 is 6.10 Å². The number of benzene rings is 1. The fourth-order valence-electron chi connectivity index (χ4n) is 1.65. The zero-order chi connectivity index (χ0) is 15.0. The summed E-state index contributed by atoms with van der Waals surface area (Å²) in [7, 11) is 1.60. The summed E-state index contributed by atoms with van der Waals surface area (Å²) >= 11 is 0. The predicted molar refractivity (Wildman–Crippen MR) is 77.0 cm³/mol. The molecule has 0 heterocycles. The van der Waals surface area contributed by atoms with Crippen molar-refractivity contribution in [1.82, 2.24) is 5.32 Å². The number of ether oxygens (including phenoxy) is 2. The van der Waals surface area contributed by atoms with Crippen LogP contribution in [0.4, 0.5) is 0 Å². The third kappa shape index (κ3) is 5.48. The molecular weight excluding hydrogens is 258 g/mol. The van der Waals surface area contributed by atoms with Crippen molar-refractivity contribution in [2.45, 2.75) is 26.4 Å². The summed E-state index contributed by atoms with van der Waals surface area (Å²) in [6.07, 6.45) is 0.110. The Morgan fingerprint density at radius 3 is 2.40 bits per heavy atom. The van der Waals surface area contributed by atoms with E-state index in [1.54, 1.807) is 38.3 Å². The molecule has 0 radical (unpaired) electrons. The second kappa shape index (κ2) is 8.43. The smallest absolute Gasteiger partial charge is 0.260 e. The number of rotatable bonds is 8. The van der Waals surface area contributed by atoms with Gasteiger partial charge in [0.25, 0.3) is 5.91 Å². The normalized spacial score (nSPS) is 13.4. The Morgan fingerprint density at radius 2 is 1.85 bits per heavy atom. The van der Waals surface area contributed by atoms with Gasteiger partial charge in [-0.2, -0.15) is 0 Å². The van der Waals surface area contributed by atoms with Gasteiger partial charge in [-0.15, -0.1) is 0 Å². The third-order valence-electron chi connectivity index (χ3n) is 2.99. The number of aliphatic hydroxyl groups excluding tert-OH is 1. The van der Waals surface area contributed by atoms with Crippen molar-refractivity contribution in [3.05, 3.63) is 24.3 Å². The Labute approximate surface area is 119 Å². The van der Waals surface area contributed by atoms with Gasteiger partial charge in [-0.05, 0) is 43.5 Å². The van der Waals surface area contributed by atoms with Gasteiger partial charge < -0.3 is 19.9 Å². The van der Waals surface area contributed by atoms with Crippen LogP contribution >= 0.6 is 0 Å². The van der Waals surface area contributed by atoms with Gasteiger partial charge in [-0.25, -0.2) is 0 Å². The van der Waals surface area contributed by atoms with Gasteiger partial charge >= 0.3 is 0 Å². The van der Waals surface area contributed by atoms with Crippen molar-refractivity contribution in [2.75, 3.05) is 20.3 Å². The molecule has 2 N–H and O–H groups in total. The van der Waals surface area contributed by atoms with Crippen LogP contribution in [0.1, 0.15) is 20.3 Å². The third-order valence-corrected chi connectivity index (χ3v) is 2.99. The topological polar surface area (TPSA) is 67.8 Å². The van der Waals surface area contributed by atoms with E-state index in [2.05, 4.69) is 5.32 Å². The van der Waals surface area contributed by atoms with Crippen molar-refractivity contribution < 1.29 is 19.4 Å². The fraction of sp³-hybridized carbons (Fsp3) is 0.533. The number of nitrogens with one attached hydrogen (secondary N) is 1. The molecule has 0 saturated carbocycles. The lowest BCUT2D eigenvalue weighted by atomic mass is 10.1. The number of carbonyl (C=O) groups is 1. The Kier molecular flexibility index (Phi) is 6.87. The molecule has 0 spiro atoms. The van der Waals surface area contributed by atoms with E-state index in [1.165, 1.54) is 0 Å². The molecule has 1 amide bonds. The number of hydrogen-bond donors (Lipinski definition) is 2. The first kappa shape index (κ1) is 16.3. The Morgan fingerprint density at radius 1 is 1.25 bits per heavy atom. The van der Waals surface area contributed by atoms with Crippen molar-refractivity contribution in [3.8, 4) is 11.5 Å². The molecule has 112 valence electrons.